The number of hydrogen-bond acceptors (Lipinski definition) is 3. The molecular weight excluding hydrogens is 188 g/mol. The van der Waals surface area contributed by atoms with Crippen molar-refractivity contribution in [3.63, 3.8) is 0 Å². The summed E-state index contributed by atoms with van der Waals surface area (Å²) >= 11 is 0. The molecule has 0 saturated heterocycles. The third-order valence-corrected chi connectivity index (χ3v) is 2.62. The molecule has 1 heterocycles. The zero-order valence-electron chi connectivity index (χ0n) is 8.77. The summed E-state index contributed by atoms with van der Waals surface area (Å²) in [5.74, 6) is 6.11. The van der Waals surface area contributed by atoms with Gasteiger partial charge in [-0.25, -0.2) is 9.97 Å². The first-order valence-corrected chi connectivity index (χ1v) is 5.27. The largest absolute Gasteiger partial charge is 0.381 e. The van der Waals surface area contributed by atoms with Crippen molar-refractivity contribution in [3.05, 3.63) is 23.8 Å². The Morgan fingerprint density at radius 3 is 2.87 bits per heavy atom. The first-order chi connectivity index (χ1) is 7.25. The van der Waals surface area contributed by atoms with E-state index in [4.69, 9.17) is 5.11 Å². The smallest absolute Gasteiger partial charge is 0.117 e. The molecular formula is C12H14N2O. The number of nitrogens with zero attached hydrogens (tertiary/aromatic N) is 2. The molecule has 3 heteroatoms. The minimum atomic E-state index is -0.605. The molecule has 0 amide bonds. The number of hydrogen-bond donors (Lipinski definition) is 1. The zero-order valence-corrected chi connectivity index (χ0v) is 8.77. The van der Waals surface area contributed by atoms with Crippen LogP contribution in [0.4, 0.5) is 0 Å². The van der Waals surface area contributed by atoms with Crippen molar-refractivity contribution in [2.75, 3.05) is 0 Å². The van der Waals surface area contributed by atoms with Crippen molar-refractivity contribution in [1.29, 1.82) is 0 Å². The normalized spacial score (nSPS) is 17.5. The van der Waals surface area contributed by atoms with Crippen LogP contribution in [0.2, 0.25) is 0 Å². The molecule has 78 valence electrons. The SMILES string of the molecule is C[C@@H](O)C#Cc1cc(C2CCC2)ncn1. The minimum absolute atomic E-state index is 0.597. The van der Waals surface area contributed by atoms with Gasteiger partial charge in [0.15, 0.2) is 0 Å². The van der Waals surface area contributed by atoms with Gasteiger partial charge < -0.3 is 5.11 Å². The second kappa shape index (κ2) is 4.41. The van der Waals surface area contributed by atoms with Crippen LogP contribution >= 0.6 is 0 Å². The lowest BCUT2D eigenvalue weighted by atomic mass is 9.83. The second-order valence-corrected chi connectivity index (χ2v) is 3.90. The van der Waals surface area contributed by atoms with Gasteiger partial charge in [-0.15, -0.1) is 0 Å². The Kier molecular flexibility index (Phi) is 2.98. The van der Waals surface area contributed by atoms with Crippen LogP contribution in [0.25, 0.3) is 0 Å². The van der Waals surface area contributed by atoms with Crippen molar-refractivity contribution in [2.45, 2.75) is 38.2 Å². The van der Waals surface area contributed by atoms with Crippen molar-refractivity contribution >= 4 is 0 Å². The monoisotopic (exact) mass is 202 g/mol. The summed E-state index contributed by atoms with van der Waals surface area (Å²) in [5.41, 5.74) is 1.79. The molecule has 1 fully saturated rings. The van der Waals surface area contributed by atoms with E-state index in [1.54, 1.807) is 13.3 Å². The third-order valence-electron chi connectivity index (χ3n) is 2.62. The molecule has 1 aliphatic carbocycles. The maximum Gasteiger partial charge on any atom is 0.117 e. The topological polar surface area (TPSA) is 46.0 Å². The maximum absolute atomic E-state index is 9.03. The van der Waals surface area contributed by atoms with Crippen LogP contribution in [-0.2, 0) is 0 Å². The Hall–Kier alpha value is -1.40. The van der Waals surface area contributed by atoms with Crippen molar-refractivity contribution in [2.24, 2.45) is 0 Å². The molecule has 2 rings (SSSR count). The molecule has 1 aromatic heterocycles. The van der Waals surface area contributed by atoms with Gasteiger partial charge in [-0.3, -0.25) is 0 Å². The van der Waals surface area contributed by atoms with Gasteiger partial charge in [-0.2, -0.15) is 0 Å². The zero-order chi connectivity index (χ0) is 10.7. The van der Waals surface area contributed by atoms with Gasteiger partial charge in [0, 0.05) is 11.6 Å². The average molecular weight is 202 g/mol. The Labute approximate surface area is 89.6 Å². The van der Waals surface area contributed by atoms with Crippen LogP contribution < -0.4 is 0 Å². The molecule has 0 spiro atoms. The van der Waals surface area contributed by atoms with Crippen LogP contribution in [0.3, 0.4) is 0 Å². The summed E-state index contributed by atoms with van der Waals surface area (Å²) in [6.07, 6.45) is 4.69. The van der Waals surface area contributed by atoms with Crippen LogP contribution in [0.5, 0.6) is 0 Å². The number of rotatable bonds is 1. The minimum Gasteiger partial charge on any atom is -0.381 e. The molecule has 15 heavy (non-hydrogen) atoms. The first kappa shape index (κ1) is 10.1. The van der Waals surface area contributed by atoms with Crippen molar-refractivity contribution < 1.29 is 5.11 Å². The number of aromatic nitrogens is 2. The van der Waals surface area contributed by atoms with Crippen LogP contribution in [0, 0.1) is 11.8 Å². The van der Waals surface area contributed by atoms with Gasteiger partial charge in [0.05, 0.1) is 0 Å². The van der Waals surface area contributed by atoms with E-state index in [0.717, 1.165) is 5.69 Å². The molecule has 1 aromatic rings. The Morgan fingerprint density at radius 2 is 2.27 bits per heavy atom. The lowest BCUT2D eigenvalue weighted by Crippen LogP contribution is -2.11. The number of aliphatic hydroxyl groups is 1. The fraction of sp³-hybridized carbons (Fsp3) is 0.500. The van der Waals surface area contributed by atoms with Crippen LogP contribution in [0.1, 0.15) is 43.5 Å². The quantitative estimate of drug-likeness (QED) is 0.701. The molecule has 1 aliphatic rings. The van der Waals surface area contributed by atoms with E-state index in [1.165, 1.54) is 19.3 Å². The highest BCUT2D eigenvalue weighted by atomic mass is 16.3. The average Bonchev–Trinajstić information content (AvgIpc) is 2.13. The Bertz CT molecular complexity index is 400. The summed E-state index contributed by atoms with van der Waals surface area (Å²) in [6.45, 7) is 1.64. The van der Waals surface area contributed by atoms with Crippen molar-refractivity contribution in [1.82, 2.24) is 9.97 Å². The van der Waals surface area contributed by atoms with E-state index >= 15 is 0 Å². The van der Waals surface area contributed by atoms with Crippen LogP contribution in [0.15, 0.2) is 12.4 Å². The highest BCUT2D eigenvalue weighted by Crippen LogP contribution is 2.34. The van der Waals surface area contributed by atoms with E-state index in [2.05, 4.69) is 21.8 Å². The fourth-order valence-electron chi connectivity index (χ4n) is 1.55. The second-order valence-electron chi connectivity index (χ2n) is 3.90. The summed E-state index contributed by atoms with van der Waals surface area (Å²) in [6, 6.07) is 1.93. The molecule has 1 saturated carbocycles. The molecule has 0 unspecified atom stereocenters. The molecule has 0 aliphatic heterocycles. The van der Waals surface area contributed by atoms with Crippen molar-refractivity contribution in [3.8, 4) is 11.8 Å². The van der Waals surface area contributed by atoms with Gasteiger partial charge in [0.2, 0.25) is 0 Å². The third kappa shape index (κ3) is 2.54. The van der Waals surface area contributed by atoms with Gasteiger partial charge in [0.1, 0.15) is 18.1 Å². The number of aliphatic hydroxyl groups excluding tert-OH is 1. The maximum atomic E-state index is 9.03. The Balaban J connectivity index is 2.16. The van der Waals surface area contributed by atoms with Gasteiger partial charge in [-0.05, 0) is 31.8 Å². The van der Waals surface area contributed by atoms with E-state index in [9.17, 15) is 0 Å². The molecule has 3 nitrogen and oxygen atoms in total. The lowest BCUT2D eigenvalue weighted by Gasteiger charge is -2.24. The summed E-state index contributed by atoms with van der Waals surface area (Å²) in [5, 5.41) is 9.03. The fourth-order valence-corrected chi connectivity index (χ4v) is 1.55. The van der Waals surface area contributed by atoms with Gasteiger partial charge in [-0.1, -0.05) is 12.3 Å². The van der Waals surface area contributed by atoms with Crippen LogP contribution in [-0.4, -0.2) is 21.2 Å². The lowest BCUT2D eigenvalue weighted by molar-refractivity contribution is 0.253. The highest BCUT2D eigenvalue weighted by molar-refractivity contribution is 5.30. The van der Waals surface area contributed by atoms with E-state index in [0.29, 0.717) is 11.6 Å². The summed E-state index contributed by atoms with van der Waals surface area (Å²) in [4.78, 5) is 8.30. The molecule has 0 bridgehead atoms. The Morgan fingerprint density at radius 1 is 1.47 bits per heavy atom. The first-order valence-electron chi connectivity index (χ1n) is 5.27. The predicted octanol–water partition coefficient (Wildman–Crippen LogP) is 1.48. The van der Waals surface area contributed by atoms with E-state index in [-0.39, 0.29) is 0 Å². The standard InChI is InChI=1S/C12H14N2O/c1-9(15)5-6-11-7-12(14-8-13-11)10-3-2-4-10/h7-10,15H,2-4H2,1H3/t9-/m1/s1. The predicted molar refractivity (Wildman–Crippen MR) is 57.2 cm³/mol. The summed E-state index contributed by atoms with van der Waals surface area (Å²) < 4.78 is 0. The molecule has 0 aromatic carbocycles. The van der Waals surface area contributed by atoms with Gasteiger partial charge in [0.25, 0.3) is 0 Å². The highest BCUT2D eigenvalue weighted by Gasteiger charge is 2.20. The molecule has 1 N–H and O–H groups in total. The van der Waals surface area contributed by atoms with E-state index < -0.39 is 6.10 Å². The molecule has 0 radical (unpaired) electrons. The van der Waals surface area contributed by atoms with Gasteiger partial charge >= 0.3 is 0 Å². The molecule has 1 atom stereocenters. The van der Waals surface area contributed by atoms with E-state index in [1.807, 2.05) is 6.07 Å². The summed E-state index contributed by atoms with van der Waals surface area (Å²) in [7, 11) is 0.